The van der Waals surface area contributed by atoms with Crippen LogP contribution in [0.3, 0.4) is 0 Å². The molecule has 0 spiro atoms. The molecule has 1 aliphatic heterocycles. The molecule has 8 heteroatoms. The molecule has 1 aromatic carbocycles. The van der Waals surface area contributed by atoms with Crippen LogP contribution in [0, 0.1) is 0 Å². The molecule has 0 bridgehead atoms. The van der Waals surface area contributed by atoms with Gasteiger partial charge in [-0.1, -0.05) is 18.2 Å². The number of rotatable bonds is 4. The molecule has 8 nitrogen and oxygen atoms in total. The molecule has 0 radical (unpaired) electrons. The van der Waals surface area contributed by atoms with E-state index in [4.69, 9.17) is 15.5 Å². The lowest BCUT2D eigenvalue weighted by atomic mass is 10.1. The summed E-state index contributed by atoms with van der Waals surface area (Å²) in [5.41, 5.74) is 8.57. The van der Waals surface area contributed by atoms with E-state index in [1.165, 1.54) is 0 Å². The van der Waals surface area contributed by atoms with Gasteiger partial charge in [-0.25, -0.2) is 4.98 Å². The molecule has 142 valence electrons. The van der Waals surface area contributed by atoms with Crippen LogP contribution in [0.4, 0.5) is 0 Å². The number of ether oxygens (including phenoxy) is 1. The van der Waals surface area contributed by atoms with Crippen molar-refractivity contribution in [3.05, 3.63) is 71.7 Å². The van der Waals surface area contributed by atoms with Gasteiger partial charge in [0.2, 0.25) is 5.91 Å². The minimum absolute atomic E-state index is 0.107. The number of aromatic amines is 1. The fourth-order valence-electron chi connectivity index (χ4n) is 3.15. The van der Waals surface area contributed by atoms with Crippen LogP contribution in [-0.2, 0) is 4.74 Å². The van der Waals surface area contributed by atoms with Crippen LogP contribution in [0.25, 0.3) is 11.3 Å². The molecule has 3 aromatic rings. The summed E-state index contributed by atoms with van der Waals surface area (Å²) < 4.78 is 5.86. The van der Waals surface area contributed by atoms with Gasteiger partial charge in [0.1, 0.15) is 11.8 Å². The van der Waals surface area contributed by atoms with Gasteiger partial charge in [0, 0.05) is 23.9 Å². The second-order valence-corrected chi connectivity index (χ2v) is 6.47. The molecule has 2 amide bonds. The molecule has 1 fully saturated rings. The van der Waals surface area contributed by atoms with Gasteiger partial charge in [0.15, 0.2) is 0 Å². The van der Waals surface area contributed by atoms with Crippen LogP contribution in [0.15, 0.2) is 54.7 Å². The fourth-order valence-corrected chi connectivity index (χ4v) is 3.15. The number of pyridine rings is 1. The number of benzene rings is 1. The van der Waals surface area contributed by atoms with Crippen LogP contribution in [0.5, 0.6) is 0 Å². The summed E-state index contributed by atoms with van der Waals surface area (Å²) in [4.78, 5) is 30.2. The zero-order chi connectivity index (χ0) is 19.5. The Morgan fingerprint density at radius 1 is 1.14 bits per heavy atom. The summed E-state index contributed by atoms with van der Waals surface area (Å²) in [6, 6.07) is 14.3. The monoisotopic (exact) mass is 377 g/mol. The number of nitrogens with zero attached hydrogens (tertiary/aromatic N) is 3. The second-order valence-electron chi connectivity index (χ2n) is 6.47. The maximum atomic E-state index is 12.6. The lowest BCUT2D eigenvalue weighted by molar-refractivity contribution is -0.0248. The van der Waals surface area contributed by atoms with Gasteiger partial charge in [-0.3, -0.25) is 14.7 Å². The van der Waals surface area contributed by atoms with Crippen LogP contribution >= 0.6 is 0 Å². The van der Waals surface area contributed by atoms with Gasteiger partial charge >= 0.3 is 0 Å². The highest BCUT2D eigenvalue weighted by molar-refractivity contribution is 5.93. The molecule has 3 heterocycles. The van der Waals surface area contributed by atoms with Crippen molar-refractivity contribution in [3.8, 4) is 11.3 Å². The quantitative estimate of drug-likeness (QED) is 0.719. The third kappa shape index (κ3) is 3.63. The van der Waals surface area contributed by atoms with Crippen molar-refractivity contribution in [3.63, 3.8) is 0 Å². The molecular formula is C20H19N5O3. The number of morpholine rings is 1. The number of hydrogen-bond donors (Lipinski definition) is 2. The standard InChI is InChI=1S/C20H19N5O3/c21-19(26)14-6-4-13(5-7-14)15-2-1-3-16(23-15)18-12-25(10-11-28-18)20(27)17-8-9-22-24-17/h1-9,18H,10-12H2,(H2,21,26)(H,22,24)/t18-/m1/s1. The highest BCUT2D eigenvalue weighted by atomic mass is 16.5. The smallest absolute Gasteiger partial charge is 0.272 e. The molecule has 4 rings (SSSR count). The topological polar surface area (TPSA) is 114 Å². The summed E-state index contributed by atoms with van der Waals surface area (Å²) in [5.74, 6) is -0.574. The van der Waals surface area contributed by atoms with Crippen molar-refractivity contribution in [2.24, 2.45) is 5.73 Å². The van der Waals surface area contributed by atoms with E-state index in [1.807, 2.05) is 30.3 Å². The molecule has 0 saturated carbocycles. The maximum absolute atomic E-state index is 12.6. The number of hydrogen-bond acceptors (Lipinski definition) is 5. The summed E-state index contributed by atoms with van der Waals surface area (Å²) >= 11 is 0. The third-order valence-electron chi connectivity index (χ3n) is 4.65. The van der Waals surface area contributed by atoms with Gasteiger partial charge in [-0.2, -0.15) is 5.10 Å². The van der Waals surface area contributed by atoms with E-state index in [0.717, 1.165) is 17.0 Å². The van der Waals surface area contributed by atoms with E-state index in [0.29, 0.717) is 31.0 Å². The van der Waals surface area contributed by atoms with Gasteiger partial charge in [-0.15, -0.1) is 0 Å². The molecule has 3 N–H and O–H groups in total. The Morgan fingerprint density at radius 2 is 1.96 bits per heavy atom. The van der Waals surface area contributed by atoms with Crippen molar-refractivity contribution in [2.75, 3.05) is 19.7 Å². The molecule has 1 atom stereocenters. The van der Waals surface area contributed by atoms with E-state index in [9.17, 15) is 9.59 Å². The zero-order valence-electron chi connectivity index (χ0n) is 15.0. The largest absolute Gasteiger partial charge is 0.368 e. The SMILES string of the molecule is NC(=O)c1ccc(-c2cccc([C@H]3CN(C(=O)c4ccn[nH]4)CCO3)n2)cc1. The molecule has 0 aliphatic carbocycles. The average Bonchev–Trinajstić information content (AvgIpc) is 3.28. The molecular weight excluding hydrogens is 358 g/mol. The Kier molecular flexibility index (Phi) is 4.86. The third-order valence-corrected chi connectivity index (χ3v) is 4.65. The predicted octanol–water partition coefficient (Wildman–Crippen LogP) is 1.78. The molecule has 2 aromatic heterocycles. The van der Waals surface area contributed by atoms with Crippen molar-refractivity contribution in [1.29, 1.82) is 0 Å². The lowest BCUT2D eigenvalue weighted by Crippen LogP contribution is -2.42. The van der Waals surface area contributed by atoms with Gasteiger partial charge in [0.05, 0.1) is 24.5 Å². The molecule has 28 heavy (non-hydrogen) atoms. The first-order chi connectivity index (χ1) is 13.6. The van der Waals surface area contributed by atoms with Crippen LogP contribution in [0.1, 0.15) is 32.6 Å². The number of amides is 2. The predicted molar refractivity (Wildman–Crippen MR) is 101 cm³/mol. The lowest BCUT2D eigenvalue weighted by Gasteiger charge is -2.32. The number of carbonyl (C=O) groups is 2. The number of carbonyl (C=O) groups excluding carboxylic acids is 2. The Balaban J connectivity index is 1.53. The summed E-state index contributed by atoms with van der Waals surface area (Å²) in [7, 11) is 0. The van der Waals surface area contributed by atoms with E-state index in [1.54, 1.807) is 29.3 Å². The number of aromatic nitrogens is 3. The van der Waals surface area contributed by atoms with E-state index < -0.39 is 5.91 Å². The Labute approximate surface area is 161 Å². The summed E-state index contributed by atoms with van der Waals surface area (Å²) in [6.45, 7) is 1.36. The van der Waals surface area contributed by atoms with Crippen molar-refractivity contribution >= 4 is 11.8 Å². The normalized spacial score (nSPS) is 16.7. The number of nitrogens with two attached hydrogens (primary N) is 1. The first-order valence-corrected chi connectivity index (χ1v) is 8.89. The Bertz CT molecular complexity index is 985. The van der Waals surface area contributed by atoms with Gasteiger partial charge in [-0.05, 0) is 30.3 Å². The number of H-pyrrole nitrogens is 1. The highest BCUT2D eigenvalue weighted by Crippen LogP contribution is 2.25. The molecule has 1 aliphatic rings. The maximum Gasteiger partial charge on any atom is 0.272 e. The van der Waals surface area contributed by atoms with Crippen molar-refractivity contribution in [1.82, 2.24) is 20.1 Å². The average molecular weight is 377 g/mol. The first kappa shape index (κ1) is 17.9. The Hall–Kier alpha value is -3.52. The minimum Gasteiger partial charge on any atom is -0.368 e. The summed E-state index contributed by atoms with van der Waals surface area (Å²) in [6.07, 6.45) is 1.24. The number of primary amides is 1. The van der Waals surface area contributed by atoms with E-state index in [-0.39, 0.29) is 12.0 Å². The minimum atomic E-state index is -0.467. The molecule has 1 saturated heterocycles. The zero-order valence-corrected chi connectivity index (χ0v) is 15.0. The van der Waals surface area contributed by atoms with E-state index >= 15 is 0 Å². The highest BCUT2D eigenvalue weighted by Gasteiger charge is 2.27. The van der Waals surface area contributed by atoms with Crippen molar-refractivity contribution in [2.45, 2.75) is 6.10 Å². The number of nitrogens with one attached hydrogen (secondary N) is 1. The van der Waals surface area contributed by atoms with Crippen LogP contribution in [0.2, 0.25) is 0 Å². The fraction of sp³-hybridized carbons (Fsp3) is 0.200. The second kappa shape index (κ2) is 7.61. The van der Waals surface area contributed by atoms with Crippen LogP contribution in [-0.4, -0.2) is 51.6 Å². The molecule has 0 unspecified atom stereocenters. The van der Waals surface area contributed by atoms with Gasteiger partial charge < -0.3 is 15.4 Å². The Morgan fingerprint density at radius 3 is 2.68 bits per heavy atom. The van der Waals surface area contributed by atoms with Crippen molar-refractivity contribution < 1.29 is 14.3 Å². The van der Waals surface area contributed by atoms with E-state index in [2.05, 4.69) is 10.2 Å². The van der Waals surface area contributed by atoms with Gasteiger partial charge in [0.25, 0.3) is 5.91 Å². The van der Waals surface area contributed by atoms with Crippen LogP contribution < -0.4 is 5.73 Å². The summed E-state index contributed by atoms with van der Waals surface area (Å²) in [5, 5.41) is 6.53. The first-order valence-electron chi connectivity index (χ1n) is 8.89.